The van der Waals surface area contributed by atoms with Crippen LogP contribution in [-0.2, 0) is 6.54 Å². The SMILES string of the molecule is CNCc1cc(F)cc(Oc2cccc([N+](=O)[O-])c2)c1. The summed E-state index contributed by atoms with van der Waals surface area (Å²) in [4.78, 5) is 10.2. The molecule has 0 amide bonds. The van der Waals surface area contributed by atoms with E-state index in [2.05, 4.69) is 5.32 Å². The lowest BCUT2D eigenvalue weighted by molar-refractivity contribution is -0.384. The quantitative estimate of drug-likeness (QED) is 0.672. The molecular formula is C14H13FN2O3. The molecule has 20 heavy (non-hydrogen) atoms. The monoisotopic (exact) mass is 276 g/mol. The lowest BCUT2D eigenvalue weighted by Crippen LogP contribution is -2.05. The largest absolute Gasteiger partial charge is 0.457 e. The van der Waals surface area contributed by atoms with Gasteiger partial charge < -0.3 is 10.1 Å². The van der Waals surface area contributed by atoms with Crippen molar-refractivity contribution in [1.29, 1.82) is 0 Å². The molecule has 0 atom stereocenters. The molecule has 104 valence electrons. The molecule has 0 aliphatic heterocycles. The van der Waals surface area contributed by atoms with Crippen molar-refractivity contribution in [2.24, 2.45) is 0 Å². The lowest BCUT2D eigenvalue weighted by atomic mass is 10.2. The molecule has 0 heterocycles. The van der Waals surface area contributed by atoms with Gasteiger partial charge in [0.15, 0.2) is 0 Å². The van der Waals surface area contributed by atoms with Gasteiger partial charge in [0.2, 0.25) is 0 Å². The maximum atomic E-state index is 13.4. The summed E-state index contributed by atoms with van der Waals surface area (Å²) in [6.45, 7) is 0.503. The zero-order valence-corrected chi connectivity index (χ0v) is 10.8. The number of benzene rings is 2. The van der Waals surface area contributed by atoms with Crippen LogP contribution in [0.1, 0.15) is 5.56 Å². The van der Waals surface area contributed by atoms with Crippen LogP contribution in [0, 0.1) is 15.9 Å². The van der Waals surface area contributed by atoms with Gasteiger partial charge in [-0.1, -0.05) is 6.07 Å². The first kappa shape index (κ1) is 14.0. The molecule has 0 aliphatic carbocycles. The summed E-state index contributed by atoms with van der Waals surface area (Å²) in [5, 5.41) is 13.6. The fraction of sp³-hybridized carbons (Fsp3) is 0.143. The Morgan fingerprint density at radius 2 is 2.05 bits per heavy atom. The van der Waals surface area contributed by atoms with Gasteiger partial charge >= 0.3 is 0 Å². The number of hydrogen-bond donors (Lipinski definition) is 1. The third-order valence-corrected chi connectivity index (χ3v) is 2.58. The number of nitro groups is 1. The minimum atomic E-state index is -0.509. The number of hydrogen-bond acceptors (Lipinski definition) is 4. The molecule has 0 radical (unpaired) electrons. The minimum Gasteiger partial charge on any atom is -0.457 e. The van der Waals surface area contributed by atoms with E-state index in [1.807, 2.05) is 0 Å². The van der Waals surface area contributed by atoms with Gasteiger partial charge in [-0.25, -0.2) is 4.39 Å². The fourth-order valence-electron chi connectivity index (χ4n) is 1.78. The van der Waals surface area contributed by atoms with E-state index >= 15 is 0 Å². The van der Waals surface area contributed by atoms with Crippen LogP contribution in [0.3, 0.4) is 0 Å². The number of nitrogens with one attached hydrogen (secondary N) is 1. The van der Waals surface area contributed by atoms with E-state index in [1.165, 1.54) is 30.3 Å². The number of halogens is 1. The highest BCUT2D eigenvalue weighted by Gasteiger charge is 2.08. The van der Waals surface area contributed by atoms with Crippen LogP contribution >= 0.6 is 0 Å². The van der Waals surface area contributed by atoms with Crippen LogP contribution in [0.2, 0.25) is 0 Å². The minimum absolute atomic E-state index is 0.0747. The molecule has 0 saturated carbocycles. The smallest absolute Gasteiger partial charge is 0.273 e. The van der Waals surface area contributed by atoms with E-state index in [9.17, 15) is 14.5 Å². The predicted molar refractivity (Wildman–Crippen MR) is 72.3 cm³/mol. The molecule has 2 aromatic rings. The van der Waals surface area contributed by atoms with Crippen LogP contribution in [0.5, 0.6) is 11.5 Å². The molecule has 0 aromatic heterocycles. The van der Waals surface area contributed by atoms with Gasteiger partial charge in [0.1, 0.15) is 17.3 Å². The van der Waals surface area contributed by atoms with Crippen molar-refractivity contribution < 1.29 is 14.1 Å². The molecule has 2 rings (SSSR count). The van der Waals surface area contributed by atoms with Crippen molar-refractivity contribution in [2.45, 2.75) is 6.54 Å². The van der Waals surface area contributed by atoms with Crippen molar-refractivity contribution in [3.63, 3.8) is 0 Å². The molecule has 0 spiro atoms. The van der Waals surface area contributed by atoms with Crippen LogP contribution < -0.4 is 10.1 Å². The summed E-state index contributed by atoms with van der Waals surface area (Å²) < 4.78 is 18.9. The summed E-state index contributed by atoms with van der Waals surface area (Å²) >= 11 is 0. The van der Waals surface area contributed by atoms with Crippen LogP contribution in [-0.4, -0.2) is 12.0 Å². The average molecular weight is 276 g/mol. The third-order valence-electron chi connectivity index (χ3n) is 2.58. The number of nitro benzene ring substituents is 1. The Hall–Kier alpha value is -2.47. The number of ether oxygens (including phenoxy) is 1. The zero-order chi connectivity index (χ0) is 14.5. The Labute approximate surface area is 115 Å². The van der Waals surface area contributed by atoms with Gasteiger partial charge in [-0.2, -0.15) is 0 Å². The summed E-state index contributed by atoms with van der Waals surface area (Å²) in [7, 11) is 1.76. The fourth-order valence-corrected chi connectivity index (χ4v) is 1.78. The van der Waals surface area contributed by atoms with E-state index < -0.39 is 10.7 Å². The standard InChI is InChI=1S/C14H13FN2O3/c1-16-9-10-5-11(15)7-14(6-10)20-13-4-2-3-12(8-13)17(18)19/h2-8,16H,9H2,1H3. The number of rotatable bonds is 5. The van der Waals surface area contributed by atoms with Crippen molar-refractivity contribution >= 4 is 5.69 Å². The Morgan fingerprint density at radius 3 is 2.75 bits per heavy atom. The Morgan fingerprint density at radius 1 is 1.25 bits per heavy atom. The highest BCUT2D eigenvalue weighted by atomic mass is 19.1. The maximum Gasteiger partial charge on any atom is 0.273 e. The zero-order valence-electron chi connectivity index (χ0n) is 10.8. The van der Waals surface area contributed by atoms with E-state index in [0.717, 1.165) is 5.56 Å². The van der Waals surface area contributed by atoms with E-state index in [1.54, 1.807) is 19.2 Å². The normalized spacial score (nSPS) is 10.3. The van der Waals surface area contributed by atoms with Crippen LogP contribution in [0.4, 0.5) is 10.1 Å². The Balaban J connectivity index is 2.25. The molecule has 0 unspecified atom stereocenters. The lowest BCUT2D eigenvalue weighted by Gasteiger charge is -2.08. The van der Waals surface area contributed by atoms with Gasteiger partial charge in [0, 0.05) is 18.7 Å². The van der Waals surface area contributed by atoms with Gasteiger partial charge in [-0.05, 0) is 30.8 Å². The van der Waals surface area contributed by atoms with Crippen molar-refractivity contribution in [3.8, 4) is 11.5 Å². The molecule has 0 bridgehead atoms. The van der Waals surface area contributed by atoms with E-state index in [0.29, 0.717) is 18.0 Å². The second-order valence-electron chi connectivity index (χ2n) is 4.18. The number of non-ortho nitro benzene ring substituents is 1. The Bertz CT molecular complexity index is 632. The predicted octanol–water partition coefficient (Wildman–Crippen LogP) is 3.25. The van der Waals surface area contributed by atoms with Crippen molar-refractivity contribution in [1.82, 2.24) is 5.32 Å². The summed E-state index contributed by atoms with van der Waals surface area (Å²) in [5.41, 5.74) is 0.655. The second kappa shape index (κ2) is 6.12. The van der Waals surface area contributed by atoms with Crippen molar-refractivity contribution in [3.05, 3.63) is 64.0 Å². The third kappa shape index (κ3) is 3.52. The van der Waals surface area contributed by atoms with Gasteiger partial charge in [0.25, 0.3) is 5.69 Å². The van der Waals surface area contributed by atoms with Crippen LogP contribution in [0.25, 0.3) is 0 Å². The topological polar surface area (TPSA) is 64.4 Å². The van der Waals surface area contributed by atoms with E-state index in [4.69, 9.17) is 4.74 Å². The Kier molecular flexibility index (Phi) is 4.27. The average Bonchev–Trinajstić information content (AvgIpc) is 2.38. The first-order valence-corrected chi connectivity index (χ1v) is 5.95. The molecular weight excluding hydrogens is 263 g/mol. The molecule has 5 nitrogen and oxygen atoms in total. The van der Waals surface area contributed by atoms with Gasteiger partial charge in [-0.15, -0.1) is 0 Å². The number of nitrogens with zero attached hydrogens (tertiary/aromatic N) is 1. The highest BCUT2D eigenvalue weighted by molar-refractivity contribution is 5.41. The molecule has 1 N–H and O–H groups in total. The summed E-state index contributed by atoms with van der Waals surface area (Å²) in [6.07, 6.45) is 0. The first-order valence-electron chi connectivity index (χ1n) is 5.95. The molecule has 0 aliphatic rings. The molecule has 6 heteroatoms. The molecule has 0 fully saturated rings. The van der Waals surface area contributed by atoms with Crippen LogP contribution in [0.15, 0.2) is 42.5 Å². The van der Waals surface area contributed by atoms with E-state index in [-0.39, 0.29) is 5.69 Å². The van der Waals surface area contributed by atoms with Crippen molar-refractivity contribution in [2.75, 3.05) is 7.05 Å². The first-order chi connectivity index (χ1) is 9.58. The molecule has 2 aromatic carbocycles. The highest BCUT2D eigenvalue weighted by Crippen LogP contribution is 2.26. The summed E-state index contributed by atoms with van der Waals surface area (Å²) in [5.74, 6) is 0.175. The maximum absolute atomic E-state index is 13.4. The summed E-state index contributed by atoms with van der Waals surface area (Å²) in [6, 6.07) is 10.1. The van der Waals surface area contributed by atoms with Gasteiger partial charge in [-0.3, -0.25) is 10.1 Å². The van der Waals surface area contributed by atoms with Gasteiger partial charge in [0.05, 0.1) is 11.0 Å². The second-order valence-corrected chi connectivity index (χ2v) is 4.18. The molecule has 0 saturated heterocycles.